The van der Waals surface area contributed by atoms with Crippen molar-refractivity contribution < 1.29 is 0 Å². The predicted molar refractivity (Wildman–Crippen MR) is 89.2 cm³/mol. The molecule has 0 atom stereocenters. The number of aromatic nitrogens is 2. The first-order valence-corrected chi connectivity index (χ1v) is 7.22. The van der Waals surface area contributed by atoms with E-state index in [1.807, 2.05) is 17.9 Å². The molecule has 1 aliphatic heterocycles. The fraction of sp³-hybridized carbons (Fsp3) is 0.786. The molecule has 1 aromatic rings. The number of aryl methyl sites for hydroxylation is 1. The molecule has 1 N–H and O–H groups in total. The Morgan fingerprint density at radius 3 is 2.55 bits per heavy atom. The summed E-state index contributed by atoms with van der Waals surface area (Å²) in [6.45, 7) is 7.03. The maximum Gasteiger partial charge on any atom is 0.0522 e. The molecule has 0 aromatic carbocycles. The Kier molecular flexibility index (Phi) is 10.3. The lowest BCUT2D eigenvalue weighted by Gasteiger charge is -2.34. The summed E-state index contributed by atoms with van der Waals surface area (Å²) >= 11 is 0. The largest absolute Gasteiger partial charge is 0.317 e. The van der Waals surface area contributed by atoms with Crippen LogP contribution in [0.1, 0.15) is 31.7 Å². The zero-order chi connectivity index (χ0) is 12.8. The van der Waals surface area contributed by atoms with Crippen LogP contribution in [-0.2, 0) is 13.5 Å². The van der Waals surface area contributed by atoms with Gasteiger partial charge in [-0.1, -0.05) is 6.92 Å². The summed E-state index contributed by atoms with van der Waals surface area (Å²) in [4.78, 5) is 2.67. The summed E-state index contributed by atoms with van der Waals surface area (Å²) in [6.07, 6.45) is 9.09. The molecule has 0 spiro atoms. The summed E-state index contributed by atoms with van der Waals surface area (Å²) < 4.78 is 1.89. The topological polar surface area (TPSA) is 33.1 Å². The van der Waals surface area contributed by atoms with Gasteiger partial charge >= 0.3 is 0 Å². The van der Waals surface area contributed by atoms with Gasteiger partial charge in [-0.3, -0.25) is 9.58 Å². The fourth-order valence-electron chi connectivity index (χ4n) is 2.81. The second-order valence-corrected chi connectivity index (χ2v) is 5.29. The van der Waals surface area contributed by atoms with E-state index >= 15 is 0 Å². The van der Waals surface area contributed by atoms with E-state index in [0.29, 0.717) is 0 Å². The Labute approximate surface area is 135 Å². The molecule has 1 fully saturated rings. The van der Waals surface area contributed by atoms with E-state index < -0.39 is 0 Å². The normalized spacial score (nSPS) is 15.8. The van der Waals surface area contributed by atoms with Crippen LogP contribution in [0.4, 0.5) is 0 Å². The molecule has 2 rings (SSSR count). The molecule has 0 aliphatic carbocycles. The zero-order valence-corrected chi connectivity index (χ0v) is 14.2. The number of rotatable bonds is 6. The van der Waals surface area contributed by atoms with E-state index in [0.717, 1.165) is 12.5 Å². The first kappa shape index (κ1) is 19.7. The first-order valence-electron chi connectivity index (χ1n) is 7.22. The molecule has 1 aromatic heterocycles. The van der Waals surface area contributed by atoms with E-state index in [4.69, 9.17) is 0 Å². The van der Waals surface area contributed by atoms with Gasteiger partial charge < -0.3 is 5.32 Å². The SMILES string of the molecule is CCCN(CCc1cnn(C)c1)C1CCNCC1.Cl.Cl. The van der Waals surface area contributed by atoms with Crippen LogP contribution in [0.25, 0.3) is 0 Å². The number of hydrogen-bond acceptors (Lipinski definition) is 3. The summed E-state index contributed by atoms with van der Waals surface area (Å²) in [5, 5.41) is 7.69. The van der Waals surface area contributed by atoms with Crippen LogP contribution in [0.3, 0.4) is 0 Å². The molecule has 1 saturated heterocycles. The third-order valence-electron chi connectivity index (χ3n) is 3.78. The summed E-state index contributed by atoms with van der Waals surface area (Å²) in [5.41, 5.74) is 1.35. The second kappa shape index (κ2) is 10.4. The predicted octanol–water partition coefficient (Wildman–Crippen LogP) is 2.27. The maximum absolute atomic E-state index is 4.24. The Balaban J connectivity index is 0.00000180. The zero-order valence-electron chi connectivity index (χ0n) is 12.5. The highest BCUT2D eigenvalue weighted by atomic mass is 35.5. The summed E-state index contributed by atoms with van der Waals surface area (Å²) in [7, 11) is 1.99. The number of nitrogens with one attached hydrogen (secondary N) is 1. The number of nitrogens with zero attached hydrogens (tertiary/aromatic N) is 3. The molecule has 1 aliphatic rings. The molecular formula is C14H28Cl2N4. The molecule has 0 unspecified atom stereocenters. The Morgan fingerprint density at radius 2 is 2.00 bits per heavy atom. The van der Waals surface area contributed by atoms with Crippen LogP contribution in [0.5, 0.6) is 0 Å². The monoisotopic (exact) mass is 322 g/mol. The standard InChI is InChI=1S/C14H26N4.2ClH/c1-3-9-18(14-4-7-15-8-5-14)10-6-13-11-16-17(2)12-13;;/h11-12,14-15H,3-10H2,1-2H3;2*1H. The minimum absolute atomic E-state index is 0. The van der Waals surface area contributed by atoms with Gasteiger partial charge in [-0.25, -0.2) is 0 Å². The molecule has 0 bridgehead atoms. The molecule has 6 heteroatoms. The van der Waals surface area contributed by atoms with Gasteiger partial charge in [-0.05, 0) is 50.9 Å². The van der Waals surface area contributed by atoms with Crippen molar-refractivity contribution in [3.8, 4) is 0 Å². The lowest BCUT2D eigenvalue weighted by Crippen LogP contribution is -2.44. The van der Waals surface area contributed by atoms with E-state index in [-0.39, 0.29) is 24.8 Å². The highest BCUT2D eigenvalue weighted by molar-refractivity contribution is 5.85. The highest BCUT2D eigenvalue weighted by Gasteiger charge is 2.19. The molecule has 0 saturated carbocycles. The van der Waals surface area contributed by atoms with Crippen LogP contribution >= 0.6 is 24.8 Å². The second-order valence-electron chi connectivity index (χ2n) is 5.29. The van der Waals surface area contributed by atoms with Crippen LogP contribution < -0.4 is 5.32 Å². The molecule has 118 valence electrons. The summed E-state index contributed by atoms with van der Waals surface area (Å²) in [5.74, 6) is 0. The average Bonchev–Trinajstić information content (AvgIpc) is 2.81. The van der Waals surface area contributed by atoms with Gasteiger partial charge in [-0.2, -0.15) is 5.10 Å². The average molecular weight is 323 g/mol. The highest BCUT2D eigenvalue weighted by Crippen LogP contribution is 2.13. The van der Waals surface area contributed by atoms with Gasteiger partial charge in [0.1, 0.15) is 0 Å². The molecule has 0 amide bonds. The van der Waals surface area contributed by atoms with Gasteiger partial charge in [0.25, 0.3) is 0 Å². The molecule has 4 nitrogen and oxygen atoms in total. The fourth-order valence-corrected chi connectivity index (χ4v) is 2.81. The van der Waals surface area contributed by atoms with Crippen molar-refractivity contribution in [1.82, 2.24) is 20.0 Å². The quantitative estimate of drug-likeness (QED) is 0.872. The van der Waals surface area contributed by atoms with Crippen LogP contribution in [-0.4, -0.2) is 46.9 Å². The van der Waals surface area contributed by atoms with Crippen molar-refractivity contribution in [2.24, 2.45) is 7.05 Å². The van der Waals surface area contributed by atoms with Crippen LogP contribution in [0, 0.1) is 0 Å². The van der Waals surface area contributed by atoms with Crippen LogP contribution in [0.15, 0.2) is 12.4 Å². The minimum atomic E-state index is 0. The van der Waals surface area contributed by atoms with Gasteiger partial charge in [0, 0.05) is 25.8 Å². The Bertz CT molecular complexity index is 351. The van der Waals surface area contributed by atoms with Crippen LogP contribution in [0.2, 0.25) is 0 Å². The molecule has 2 heterocycles. The lowest BCUT2D eigenvalue weighted by atomic mass is 10.0. The Hall–Kier alpha value is -0.290. The summed E-state index contributed by atoms with van der Waals surface area (Å²) in [6, 6.07) is 0.780. The van der Waals surface area contributed by atoms with Gasteiger partial charge in [0.05, 0.1) is 6.20 Å². The van der Waals surface area contributed by atoms with E-state index in [2.05, 4.69) is 28.4 Å². The van der Waals surface area contributed by atoms with Crippen molar-refractivity contribution in [2.75, 3.05) is 26.2 Å². The van der Waals surface area contributed by atoms with Gasteiger partial charge in [0.2, 0.25) is 0 Å². The maximum atomic E-state index is 4.24. The third kappa shape index (κ3) is 6.00. The number of piperidine rings is 1. The van der Waals surface area contributed by atoms with E-state index in [9.17, 15) is 0 Å². The third-order valence-corrected chi connectivity index (χ3v) is 3.78. The first-order chi connectivity index (χ1) is 8.79. The van der Waals surface area contributed by atoms with Crippen molar-refractivity contribution in [1.29, 1.82) is 0 Å². The van der Waals surface area contributed by atoms with E-state index in [1.54, 1.807) is 0 Å². The lowest BCUT2D eigenvalue weighted by molar-refractivity contribution is 0.164. The van der Waals surface area contributed by atoms with Crippen molar-refractivity contribution in [3.63, 3.8) is 0 Å². The molecular weight excluding hydrogens is 295 g/mol. The van der Waals surface area contributed by atoms with Gasteiger partial charge in [0.15, 0.2) is 0 Å². The number of halogens is 2. The van der Waals surface area contributed by atoms with Crippen molar-refractivity contribution in [3.05, 3.63) is 18.0 Å². The van der Waals surface area contributed by atoms with E-state index in [1.165, 1.54) is 51.0 Å². The molecule has 0 radical (unpaired) electrons. The Morgan fingerprint density at radius 1 is 1.30 bits per heavy atom. The van der Waals surface area contributed by atoms with Crippen molar-refractivity contribution in [2.45, 2.75) is 38.6 Å². The minimum Gasteiger partial charge on any atom is -0.317 e. The van der Waals surface area contributed by atoms with Gasteiger partial charge in [-0.15, -0.1) is 24.8 Å². The molecule has 20 heavy (non-hydrogen) atoms. The van der Waals surface area contributed by atoms with Crippen molar-refractivity contribution >= 4 is 24.8 Å². The smallest absolute Gasteiger partial charge is 0.0522 e. The number of hydrogen-bond donors (Lipinski definition) is 1.